The second-order valence-corrected chi connectivity index (χ2v) is 4.83. The van der Waals surface area contributed by atoms with E-state index in [9.17, 15) is 0 Å². The molecule has 2 N–H and O–H groups in total. The molecule has 1 rings (SSSR count). The van der Waals surface area contributed by atoms with Crippen molar-refractivity contribution in [2.75, 3.05) is 6.61 Å². The van der Waals surface area contributed by atoms with Crippen molar-refractivity contribution < 1.29 is 5.11 Å². The summed E-state index contributed by atoms with van der Waals surface area (Å²) in [5.41, 5.74) is 0.937. The fraction of sp³-hybridized carbons (Fsp3) is 0.500. The van der Waals surface area contributed by atoms with Crippen LogP contribution in [0.1, 0.15) is 38.3 Å². The second kappa shape index (κ2) is 6.39. The molecule has 0 aliphatic carbocycles. The fourth-order valence-electron chi connectivity index (χ4n) is 1.85. The number of hydrogen-bond donors (Lipinski definition) is 2. The summed E-state index contributed by atoms with van der Waals surface area (Å²) in [6.07, 6.45) is 1.10. The third-order valence-electron chi connectivity index (χ3n) is 2.80. The van der Waals surface area contributed by atoms with Crippen molar-refractivity contribution in [1.29, 1.82) is 5.26 Å². The van der Waals surface area contributed by atoms with Crippen LogP contribution < -0.4 is 5.32 Å². The lowest BCUT2D eigenvalue weighted by Gasteiger charge is -2.30. The lowest BCUT2D eigenvalue weighted by atomic mass is 9.96. The minimum Gasteiger partial charge on any atom is -0.396 e. The van der Waals surface area contributed by atoms with E-state index in [2.05, 4.69) is 11.4 Å². The minimum absolute atomic E-state index is 0.0164. The van der Waals surface area contributed by atoms with Gasteiger partial charge in [0.2, 0.25) is 0 Å². The van der Waals surface area contributed by atoms with E-state index in [1.165, 1.54) is 0 Å². The van der Waals surface area contributed by atoms with Crippen molar-refractivity contribution in [1.82, 2.24) is 5.32 Å². The van der Waals surface area contributed by atoms with E-state index in [0.29, 0.717) is 12.8 Å². The molecule has 0 aliphatic rings. The summed E-state index contributed by atoms with van der Waals surface area (Å²) < 4.78 is 0. The third kappa shape index (κ3) is 4.56. The van der Waals surface area contributed by atoms with E-state index < -0.39 is 0 Å². The quantitative estimate of drug-likeness (QED) is 0.791. The van der Waals surface area contributed by atoms with Crippen LogP contribution in [-0.2, 0) is 0 Å². The summed E-state index contributed by atoms with van der Waals surface area (Å²) in [6, 6.07) is 12.2. The molecule has 0 radical (unpaired) electrons. The van der Waals surface area contributed by atoms with Gasteiger partial charge in [0.15, 0.2) is 0 Å². The van der Waals surface area contributed by atoms with Crippen molar-refractivity contribution in [3.05, 3.63) is 35.9 Å². The maximum atomic E-state index is 9.01. The highest BCUT2D eigenvalue weighted by Crippen LogP contribution is 2.21. The summed E-state index contributed by atoms with van der Waals surface area (Å²) in [4.78, 5) is 0. The van der Waals surface area contributed by atoms with Gasteiger partial charge in [0.1, 0.15) is 0 Å². The van der Waals surface area contributed by atoms with Crippen molar-refractivity contribution >= 4 is 0 Å². The van der Waals surface area contributed by atoms with Gasteiger partial charge in [0.05, 0.1) is 12.5 Å². The summed E-state index contributed by atoms with van der Waals surface area (Å²) in [5, 5.41) is 21.3. The Labute approximate surface area is 103 Å². The zero-order valence-electron chi connectivity index (χ0n) is 10.5. The first-order valence-electron chi connectivity index (χ1n) is 5.89. The molecule has 17 heavy (non-hydrogen) atoms. The summed E-state index contributed by atoms with van der Waals surface area (Å²) in [7, 11) is 0. The van der Waals surface area contributed by atoms with Crippen molar-refractivity contribution in [2.24, 2.45) is 0 Å². The lowest BCUT2D eigenvalue weighted by molar-refractivity contribution is 0.219. The van der Waals surface area contributed by atoms with Crippen LogP contribution in [0.3, 0.4) is 0 Å². The molecule has 0 amide bonds. The largest absolute Gasteiger partial charge is 0.396 e. The van der Waals surface area contributed by atoms with Gasteiger partial charge in [0, 0.05) is 18.2 Å². The van der Waals surface area contributed by atoms with Crippen LogP contribution in [0.25, 0.3) is 0 Å². The monoisotopic (exact) mass is 232 g/mol. The molecule has 92 valence electrons. The Bertz CT molecular complexity index is 368. The second-order valence-electron chi connectivity index (χ2n) is 4.83. The number of hydrogen-bond acceptors (Lipinski definition) is 3. The molecule has 0 fully saturated rings. The lowest BCUT2D eigenvalue weighted by Crippen LogP contribution is -2.42. The van der Waals surface area contributed by atoms with Gasteiger partial charge in [-0.25, -0.2) is 0 Å². The van der Waals surface area contributed by atoms with Crippen LogP contribution in [-0.4, -0.2) is 17.3 Å². The Balaban J connectivity index is 2.78. The van der Waals surface area contributed by atoms with Gasteiger partial charge >= 0.3 is 0 Å². The smallest absolute Gasteiger partial charge is 0.0641 e. The predicted molar refractivity (Wildman–Crippen MR) is 68.3 cm³/mol. The third-order valence-corrected chi connectivity index (χ3v) is 2.80. The van der Waals surface area contributed by atoms with Crippen LogP contribution >= 0.6 is 0 Å². The van der Waals surface area contributed by atoms with E-state index in [0.717, 1.165) is 5.56 Å². The van der Waals surface area contributed by atoms with Gasteiger partial charge < -0.3 is 10.4 Å². The van der Waals surface area contributed by atoms with E-state index in [1.807, 2.05) is 44.2 Å². The number of aliphatic hydroxyl groups is 1. The zero-order chi connectivity index (χ0) is 12.7. The van der Waals surface area contributed by atoms with Gasteiger partial charge in [-0.05, 0) is 25.8 Å². The minimum atomic E-state index is -0.174. The standard InChI is InChI=1S/C14H20N2O/c1-14(2,9-11-17)16-13(8-10-15)12-6-4-3-5-7-12/h3-7,13,16-17H,8-9,11H2,1-2H3. The number of aliphatic hydroxyl groups excluding tert-OH is 1. The van der Waals surface area contributed by atoms with E-state index in [4.69, 9.17) is 10.4 Å². The molecular weight excluding hydrogens is 212 g/mol. The molecule has 1 atom stereocenters. The first-order valence-corrected chi connectivity index (χ1v) is 5.89. The van der Waals surface area contributed by atoms with Gasteiger partial charge in [-0.1, -0.05) is 30.3 Å². The Morgan fingerprint density at radius 2 is 2.00 bits per heavy atom. The molecule has 1 unspecified atom stereocenters. The van der Waals surface area contributed by atoms with E-state index >= 15 is 0 Å². The number of nitrogens with one attached hydrogen (secondary N) is 1. The highest BCUT2D eigenvalue weighted by atomic mass is 16.3. The highest BCUT2D eigenvalue weighted by molar-refractivity contribution is 5.20. The number of rotatable bonds is 6. The van der Waals surface area contributed by atoms with E-state index in [1.54, 1.807) is 0 Å². The SMILES string of the molecule is CC(C)(CCO)NC(CC#N)c1ccccc1. The molecule has 0 bridgehead atoms. The molecule has 0 heterocycles. The maximum absolute atomic E-state index is 9.01. The van der Waals surface area contributed by atoms with Gasteiger partial charge in [-0.15, -0.1) is 0 Å². The van der Waals surface area contributed by atoms with Crippen molar-refractivity contribution in [3.63, 3.8) is 0 Å². The Morgan fingerprint density at radius 1 is 1.35 bits per heavy atom. The molecule has 0 saturated carbocycles. The molecule has 3 nitrogen and oxygen atoms in total. The van der Waals surface area contributed by atoms with Gasteiger partial charge in [-0.3, -0.25) is 0 Å². The summed E-state index contributed by atoms with van der Waals surface area (Å²) in [5.74, 6) is 0. The van der Waals surface area contributed by atoms with Crippen LogP contribution in [0.15, 0.2) is 30.3 Å². The van der Waals surface area contributed by atoms with Gasteiger partial charge in [0.25, 0.3) is 0 Å². The molecule has 0 spiro atoms. The average Bonchev–Trinajstić information content (AvgIpc) is 2.29. The Morgan fingerprint density at radius 3 is 2.53 bits per heavy atom. The maximum Gasteiger partial charge on any atom is 0.0641 e. The molecule has 0 saturated heterocycles. The summed E-state index contributed by atoms with van der Waals surface area (Å²) >= 11 is 0. The van der Waals surface area contributed by atoms with Crippen LogP contribution in [0.4, 0.5) is 0 Å². The summed E-state index contributed by atoms with van der Waals surface area (Å²) in [6.45, 7) is 4.22. The number of nitriles is 1. The predicted octanol–water partition coefficient (Wildman–Crippen LogP) is 2.39. The molecular formula is C14H20N2O. The first kappa shape index (κ1) is 13.7. The molecule has 0 aliphatic heterocycles. The van der Waals surface area contributed by atoms with Gasteiger partial charge in [-0.2, -0.15) is 5.26 Å². The highest BCUT2D eigenvalue weighted by Gasteiger charge is 2.22. The van der Waals surface area contributed by atoms with Crippen LogP contribution in [0.2, 0.25) is 0 Å². The van der Waals surface area contributed by atoms with Crippen molar-refractivity contribution in [2.45, 2.75) is 38.3 Å². The molecule has 1 aromatic rings. The zero-order valence-corrected chi connectivity index (χ0v) is 10.5. The van der Waals surface area contributed by atoms with Crippen molar-refractivity contribution in [3.8, 4) is 6.07 Å². The van der Waals surface area contributed by atoms with E-state index in [-0.39, 0.29) is 18.2 Å². The molecule has 3 heteroatoms. The normalized spacial score (nSPS) is 13.1. The fourth-order valence-corrected chi connectivity index (χ4v) is 1.85. The van der Waals surface area contributed by atoms with Crippen LogP contribution in [0.5, 0.6) is 0 Å². The molecule has 0 aromatic heterocycles. The topological polar surface area (TPSA) is 56.0 Å². The first-order chi connectivity index (χ1) is 8.09. The van der Waals surface area contributed by atoms with Crippen LogP contribution in [0, 0.1) is 11.3 Å². The Kier molecular flexibility index (Phi) is 5.14. The Hall–Kier alpha value is -1.37. The molecule has 1 aromatic carbocycles. The number of nitrogens with zero attached hydrogens (tertiary/aromatic N) is 1. The average molecular weight is 232 g/mol. The number of benzene rings is 1.